The lowest BCUT2D eigenvalue weighted by Gasteiger charge is -2.36. The summed E-state index contributed by atoms with van der Waals surface area (Å²) >= 11 is 0. The van der Waals surface area contributed by atoms with Gasteiger partial charge >= 0.3 is 0 Å². The molecule has 0 spiro atoms. The van der Waals surface area contributed by atoms with Crippen LogP contribution in [0.3, 0.4) is 0 Å². The first-order chi connectivity index (χ1) is 14.3. The lowest BCUT2D eigenvalue weighted by molar-refractivity contribution is 0.109. The van der Waals surface area contributed by atoms with E-state index in [9.17, 15) is 15.3 Å². The van der Waals surface area contributed by atoms with Gasteiger partial charge in [0.25, 0.3) is 0 Å². The van der Waals surface area contributed by atoms with Gasteiger partial charge < -0.3 is 15.3 Å². The number of rotatable bonds is 8. The third-order valence-corrected chi connectivity index (χ3v) is 6.99. The number of aliphatic hydroxyl groups excluding tert-OH is 1. The SMILES string of the molecule is CCCCCCC(C)(C)c1ccc([C@@H]2C[C@H](O)CC[C@H]2c2cccc(O)c2)c(O)c1. The topological polar surface area (TPSA) is 60.7 Å². The smallest absolute Gasteiger partial charge is 0.119 e. The standard InChI is InChI=1S/C27H38O3/c1-4-5-6-7-15-27(2,3)20-11-13-24(26(30)17-20)25-18-22(29)12-14-23(25)19-9-8-10-21(28)16-19/h8-11,13,16-17,22-23,25,28-30H,4-7,12,14-15,18H2,1-3H3/t22-,23+,25-/m1/s1. The lowest BCUT2D eigenvalue weighted by Crippen LogP contribution is -2.25. The van der Waals surface area contributed by atoms with Crippen molar-refractivity contribution in [2.24, 2.45) is 0 Å². The van der Waals surface area contributed by atoms with Gasteiger partial charge in [-0.2, -0.15) is 0 Å². The molecule has 3 rings (SSSR count). The molecule has 1 saturated carbocycles. The van der Waals surface area contributed by atoms with Crippen LogP contribution in [0, 0.1) is 0 Å². The quantitative estimate of drug-likeness (QED) is 0.421. The van der Waals surface area contributed by atoms with Crippen LogP contribution in [0.5, 0.6) is 11.5 Å². The van der Waals surface area contributed by atoms with E-state index in [0.29, 0.717) is 12.2 Å². The van der Waals surface area contributed by atoms with E-state index in [2.05, 4.69) is 32.9 Å². The van der Waals surface area contributed by atoms with Gasteiger partial charge in [-0.3, -0.25) is 0 Å². The van der Waals surface area contributed by atoms with Crippen molar-refractivity contribution in [1.82, 2.24) is 0 Å². The molecule has 0 amide bonds. The Hall–Kier alpha value is -2.00. The average Bonchev–Trinajstić information content (AvgIpc) is 2.71. The first kappa shape index (κ1) is 22.7. The maximum Gasteiger partial charge on any atom is 0.119 e. The van der Waals surface area contributed by atoms with E-state index in [0.717, 1.165) is 30.4 Å². The number of benzene rings is 2. The van der Waals surface area contributed by atoms with Crippen LogP contribution in [-0.2, 0) is 5.41 Å². The number of phenols is 2. The molecule has 30 heavy (non-hydrogen) atoms. The zero-order valence-corrected chi connectivity index (χ0v) is 18.8. The highest BCUT2D eigenvalue weighted by Crippen LogP contribution is 2.47. The molecule has 0 heterocycles. The monoisotopic (exact) mass is 410 g/mol. The second-order valence-corrected chi connectivity index (χ2v) is 9.74. The largest absolute Gasteiger partial charge is 0.508 e. The van der Waals surface area contributed by atoms with Gasteiger partial charge in [0.1, 0.15) is 11.5 Å². The van der Waals surface area contributed by atoms with Gasteiger partial charge in [-0.25, -0.2) is 0 Å². The minimum absolute atomic E-state index is 0.0282. The number of aliphatic hydroxyl groups is 1. The van der Waals surface area contributed by atoms with Crippen LogP contribution in [0.1, 0.15) is 101 Å². The number of unbranched alkanes of at least 4 members (excludes halogenated alkanes) is 3. The summed E-state index contributed by atoms with van der Waals surface area (Å²) in [6.07, 6.45) is 7.97. The van der Waals surface area contributed by atoms with E-state index in [1.807, 2.05) is 24.3 Å². The van der Waals surface area contributed by atoms with Crippen LogP contribution in [-0.4, -0.2) is 21.4 Å². The summed E-state index contributed by atoms with van der Waals surface area (Å²) in [5.41, 5.74) is 3.19. The summed E-state index contributed by atoms with van der Waals surface area (Å²) in [6, 6.07) is 13.6. The van der Waals surface area contributed by atoms with Crippen molar-refractivity contribution in [3.63, 3.8) is 0 Å². The van der Waals surface area contributed by atoms with Gasteiger partial charge in [0.15, 0.2) is 0 Å². The Kier molecular flexibility index (Phi) is 7.46. The lowest BCUT2D eigenvalue weighted by atomic mass is 9.70. The molecule has 2 aromatic carbocycles. The van der Waals surface area contributed by atoms with Crippen molar-refractivity contribution in [3.8, 4) is 11.5 Å². The van der Waals surface area contributed by atoms with E-state index < -0.39 is 0 Å². The first-order valence-corrected chi connectivity index (χ1v) is 11.6. The Labute approximate surface area is 181 Å². The van der Waals surface area contributed by atoms with Crippen LogP contribution < -0.4 is 0 Å². The molecule has 1 fully saturated rings. The van der Waals surface area contributed by atoms with Crippen molar-refractivity contribution in [3.05, 3.63) is 59.2 Å². The molecule has 0 saturated heterocycles. The predicted octanol–water partition coefficient (Wildman–Crippen LogP) is 6.76. The normalized spacial score (nSPS) is 22.2. The van der Waals surface area contributed by atoms with Crippen LogP contribution >= 0.6 is 0 Å². The van der Waals surface area contributed by atoms with Crippen molar-refractivity contribution in [1.29, 1.82) is 0 Å². The Balaban J connectivity index is 1.84. The molecule has 3 atom stereocenters. The molecule has 1 aliphatic rings. The second-order valence-electron chi connectivity index (χ2n) is 9.74. The van der Waals surface area contributed by atoms with Gasteiger partial charge in [0.05, 0.1) is 6.10 Å². The zero-order valence-electron chi connectivity index (χ0n) is 18.8. The van der Waals surface area contributed by atoms with Crippen LogP contribution in [0.25, 0.3) is 0 Å². The molecule has 0 aliphatic heterocycles. The van der Waals surface area contributed by atoms with Crippen LogP contribution in [0.15, 0.2) is 42.5 Å². The Morgan fingerprint density at radius 3 is 2.43 bits per heavy atom. The third kappa shape index (κ3) is 5.37. The summed E-state index contributed by atoms with van der Waals surface area (Å²) in [7, 11) is 0. The van der Waals surface area contributed by atoms with E-state index in [4.69, 9.17) is 0 Å². The van der Waals surface area contributed by atoms with Crippen LogP contribution in [0.2, 0.25) is 0 Å². The summed E-state index contributed by atoms with van der Waals surface area (Å²) < 4.78 is 0. The number of phenolic OH excluding ortho intramolecular Hbond substituents is 2. The molecule has 0 unspecified atom stereocenters. The van der Waals surface area contributed by atoms with Crippen molar-refractivity contribution >= 4 is 0 Å². The zero-order chi connectivity index (χ0) is 21.7. The fourth-order valence-corrected chi connectivity index (χ4v) is 5.06. The van der Waals surface area contributed by atoms with E-state index in [-0.39, 0.29) is 29.1 Å². The summed E-state index contributed by atoms with van der Waals surface area (Å²) in [4.78, 5) is 0. The first-order valence-electron chi connectivity index (χ1n) is 11.6. The Bertz CT molecular complexity index is 827. The number of aromatic hydroxyl groups is 2. The average molecular weight is 411 g/mol. The van der Waals surface area contributed by atoms with Gasteiger partial charge in [0.2, 0.25) is 0 Å². The van der Waals surface area contributed by atoms with Gasteiger partial charge in [-0.05, 0) is 77.8 Å². The molecule has 164 valence electrons. The van der Waals surface area contributed by atoms with E-state index in [1.165, 1.54) is 31.2 Å². The predicted molar refractivity (Wildman–Crippen MR) is 123 cm³/mol. The highest BCUT2D eigenvalue weighted by atomic mass is 16.3. The Morgan fingerprint density at radius 2 is 1.73 bits per heavy atom. The summed E-state index contributed by atoms with van der Waals surface area (Å²) in [5, 5.41) is 31.3. The minimum Gasteiger partial charge on any atom is -0.508 e. The summed E-state index contributed by atoms with van der Waals surface area (Å²) in [5.74, 6) is 0.816. The molecule has 0 radical (unpaired) electrons. The van der Waals surface area contributed by atoms with Gasteiger partial charge in [0, 0.05) is 0 Å². The molecule has 3 heteroatoms. The highest BCUT2D eigenvalue weighted by Gasteiger charge is 2.34. The molecule has 3 nitrogen and oxygen atoms in total. The maximum absolute atomic E-state index is 11.0. The van der Waals surface area contributed by atoms with E-state index >= 15 is 0 Å². The van der Waals surface area contributed by atoms with Gasteiger partial charge in [-0.15, -0.1) is 0 Å². The molecular weight excluding hydrogens is 372 g/mol. The van der Waals surface area contributed by atoms with Crippen molar-refractivity contribution < 1.29 is 15.3 Å². The number of hydrogen-bond donors (Lipinski definition) is 3. The second kappa shape index (κ2) is 9.87. The molecule has 2 aromatic rings. The van der Waals surface area contributed by atoms with E-state index in [1.54, 1.807) is 6.07 Å². The van der Waals surface area contributed by atoms with Crippen molar-refractivity contribution in [2.45, 2.75) is 95.5 Å². The maximum atomic E-state index is 11.0. The fraction of sp³-hybridized carbons (Fsp3) is 0.556. The van der Waals surface area contributed by atoms with Crippen LogP contribution in [0.4, 0.5) is 0 Å². The molecule has 3 N–H and O–H groups in total. The molecule has 1 aliphatic carbocycles. The highest BCUT2D eigenvalue weighted by molar-refractivity contribution is 5.44. The molecule has 0 aromatic heterocycles. The Morgan fingerprint density at radius 1 is 0.933 bits per heavy atom. The van der Waals surface area contributed by atoms with Gasteiger partial charge in [-0.1, -0.05) is 70.7 Å². The number of hydrogen-bond acceptors (Lipinski definition) is 3. The minimum atomic E-state index is -0.349. The molecule has 0 bridgehead atoms. The van der Waals surface area contributed by atoms with Crippen molar-refractivity contribution in [2.75, 3.05) is 0 Å². The fourth-order valence-electron chi connectivity index (χ4n) is 5.06. The summed E-state index contributed by atoms with van der Waals surface area (Å²) in [6.45, 7) is 6.74. The molecular formula is C27H38O3. The third-order valence-electron chi connectivity index (χ3n) is 6.99.